The molecule has 1 aromatic rings. The number of nitrogens with one attached hydrogen (secondary N) is 1. The maximum absolute atomic E-state index is 11.7. The minimum absolute atomic E-state index is 0.0155. The molecule has 2 heterocycles. The first-order chi connectivity index (χ1) is 8.29. The minimum Gasteiger partial charge on any atom is -0.364 e. The lowest BCUT2D eigenvalue weighted by molar-refractivity contribution is -0.131. The molecule has 0 aromatic carbocycles. The second-order valence-electron chi connectivity index (χ2n) is 3.94. The molecule has 0 bridgehead atoms. The van der Waals surface area contributed by atoms with Gasteiger partial charge in [-0.15, -0.1) is 0 Å². The van der Waals surface area contributed by atoms with Gasteiger partial charge in [0.2, 0.25) is 11.8 Å². The van der Waals surface area contributed by atoms with E-state index in [-0.39, 0.29) is 18.1 Å². The van der Waals surface area contributed by atoms with Crippen LogP contribution in [0.3, 0.4) is 0 Å². The maximum Gasteiger partial charge on any atom is 0.249 e. The highest BCUT2D eigenvalue weighted by Crippen LogP contribution is 2.18. The molecule has 7 nitrogen and oxygen atoms in total. The van der Waals surface area contributed by atoms with Gasteiger partial charge in [0.05, 0.1) is 6.10 Å². The lowest BCUT2D eigenvalue weighted by atomic mass is 10.2. The monoisotopic (exact) mass is 240 g/mol. The Balaban J connectivity index is 1.67. The van der Waals surface area contributed by atoms with Crippen molar-refractivity contribution < 1.29 is 14.1 Å². The van der Waals surface area contributed by atoms with Gasteiger partial charge in [0, 0.05) is 19.5 Å². The molecule has 0 spiro atoms. The first-order valence-electron chi connectivity index (χ1n) is 5.68. The van der Waals surface area contributed by atoms with Crippen LogP contribution in [-0.4, -0.2) is 41.3 Å². The van der Waals surface area contributed by atoms with Crippen molar-refractivity contribution in [3.63, 3.8) is 0 Å². The van der Waals surface area contributed by atoms with Crippen molar-refractivity contribution in [1.82, 2.24) is 15.5 Å². The van der Waals surface area contributed by atoms with Crippen molar-refractivity contribution in [3.05, 3.63) is 12.2 Å². The van der Waals surface area contributed by atoms with E-state index in [0.717, 1.165) is 12.8 Å². The van der Waals surface area contributed by atoms with Crippen LogP contribution in [-0.2, 0) is 16.0 Å². The number of amides is 1. The van der Waals surface area contributed by atoms with Gasteiger partial charge in [-0.05, 0) is 12.8 Å². The van der Waals surface area contributed by atoms with Gasteiger partial charge >= 0.3 is 0 Å². The molecule has 2 unspecified atom stereocenters. The summed E-state index contributed by atoms with van der Waals surface area (Å²) in [6, 6.07) is 0. The van der Waals surface area contributed by atoms with Gasteiger partial charge in [-0.25, -0.2) is 0 Å². The van der Waals surface area contributed by atoms with E-state index in [1.54, 1.807) is 0 Å². The molecule has 1 aliphatic rings. The fraction of sp³-hybridized carbons (Fsp3) is 0.700. The van der Waals surface area contributed by atoms with E-state index < -0.39 is 0 Å². The molecule has 0 radical (unpaired) electrons. The summed E-state index contributed by atoms with van der Waals surface area (Å²) in [5.74, 6) is 0.415. The van der Waals surface area contributed by atoms with Crippen LogP contribution in [0, 0.1) is 0 Å². The van der Waals surface area contributed by atoms with Crippen LogP contribution in [0.4, 0.5) is 0 Å². The zero-order valence-electron chi connectivity index (χ0n) is 9.46. The number of nitrogens with two attached hydrogens (primary N) is 1. The van der Waals surface area contributed by atoms with E-state index in [0.29, 0.717) is 25.4 Å². The van der Waals surface area contributed by atoms with Crippen LogP contribution in [0.25, 0.3) is 0 Å². The van der Waals surface area contributed by atoms with Gasteiger partial charge in [0.15, 0.2) is 6.33 Å². The van der Waals surface area contributed by atoms with E-state index >= 15 is 0 Å². The second kappa shape index (κ2) is 5.74. The van der Waals surface area contributed by atoms with Crippen molar-refractivity contribution in [2.75, 3.05) is 13.1 Å². The summed E-state index contributed by atoms with van der Waals surface area (Å²) in [4.78, 5) is 15.6. The number of nitrogens with zero attached hydrogens (tertiary/aromatic N) is 2. The SMILES string of the molecule is NCC1CCC(C(=O)NCCc2ncno2)O1. The van der Waals surface area contributed by atoms with Crippen molar-refractivity contribution >= 4 is 5.91 Å². The number of rotatable bonds is 5. The largest absolute Gasteiger partial charge is 0.364 e. The zero-order valence-corrected chi connectivity index (χ0v) is 9.46. The summed E-state index contributed by atoms with van der Waals surface area (Å²) in [5.41, 5.74) is 5.48. The Morgan fingerprint density at radius 2 is 2.47 bits per heavy atom. The molecule has 0 aliphatic carbocycles. The summed E-state index contributed by atoms with van der Waals surface area (Å²) in [5, 5.41) is 6.26. The highest BCUT2D eigenvalue weighted by molar-refractivity contribution is 5.80. The molecule has 1 aliphatic heterocycles. The van der Waals surface area contributed by atoms with Gasteiger partial charge in [-0.2, -0.15) is 4.98 Å². The molecule has 3 N–H and O–H groups in total. The summed E-state index contributed by atoms with van der Waals surface area (Å²) in [7, 11) is 0. The van der Waals surface area contributed by atoms with Crippen LogP contribution in [0.1, 0.15) is 18.7 Å². The molecule has 0 saturated carbocycles. The van der Waals surface area contributed by atoms with Crippen LogP contribution < -0.4 is 11.1 Å². The van der Waals surface area contributed by atoms with Crippen LogP contribution >= 0.6 is 0 Å². The third kappa shape index (κ3) is 3.24. The molecule has 2 atom stereocenters. The number of hydrogen-bond donors (Lipinski definition) is 2. The van der Waals surface area contributed by atoms with Gasteiger partial charge in [0.1, 0.15) is 6.10 Å². The summed E-state index contributed by atoms with van der Waals surface area (Å²) >= 11 is 0. The number of aromatic nitrogens is 2. The molecule has 94 valence electrons. The highest BCUT2D eigenvalue weighted by Gasteiger charge is 2.29. The van der Waals surface area contributed by atoms with E-state index in [9.17, 15) is 4.79 Å². The van der Waals surface area contributed by atoms with Crippen LogP contribution in [0.2, 0.25) is 0 Å². The average molecular weight is 240 g/mol. The fourth-order valence-corrected chi connectivity index (χ4v) is 1.78. The van der Waals surface area contributed by atoms with Crippen molar-refractivity contribution in [3.8, 4) is 0 Å². The third-order valence-electron chi connectivity index (χ3n) is 2.71. The third-order valence-corrected chi connectivity index (χ3v) is 2.71. The van der Waals surface area contributed by atoms with E-state index in [2.05, 4.69) is 15.5 Å². The first-order valence-corrected chi connectivity index (χ1v) is 5.68. The zero-order chi connectivity index (χ0) is 12.1. The molecule has 17 heavy (non-hydrogen) atoms. The molecule has 1 saturated heterocycles. The van der Waals surface area contributed by atoms with E-state index in [1.807, 2.05) is 0 Å². The molecular weight excluding hydrogens is 224 g/mol. The van der Waals surface area contributed by atoms with Crippen molar-refractivity contribution in [2.45, 2.75) is 31.5 Å². The molecule has 1 aromatic heterocycles. The first kappa shape index (κ1) is 12.0. The number of carbonyl (C=O) groups excluding carboxylic acids is 1. The van der Waals surface area contributed by atoms with E-state index in [4.69, 9.17) is 15.0 Å². The molecule has 1 fully saturated rings. The fourth-order valence-electron chi connectivity index (χ4n) is 1.78. The predicted octanol–water partition coefficient (Wildman–Crippen LogP) is -0.765. The lowest BCUT2D eigenvalue weighted by Crippen LogP contribution is -2.36. The Kier molecular flexibility index (Phi) is 4.05. The normalized spacial score (nSPS) is 23.8. The van der Waals surface area contributed by atoms with Gasteiger partial charge in [0.25, 0.3) is 0 Å². The Morgan fingerprint density at radius 1 is 1.59 bits per heavy atom. The maximum atomic E-state index is 11.7. The van der Waals surface area contributed by atoms with Crippen molar-refractivity contribution in [1.29, 1.82) is 0 Å². The Morgan fingerprint density at radius 3 is 3.12 bits per heavy atom. The number of carbonyl (C=O) groups is 1. The number of ether oxygens (including phenoxy) is 1. The molecule has 2 rings (SSSR count). The molecule has 1 amide bonds. The highest BCUT2D eigenvalue weighted by atomic mass is 16.5. The Hall–Kier alpha value is -1.47. The Bertz CT molecular complexity index is 354. The minimum atomic E-state index is -0.369. The van der Waals surface area contributed by atoms with Gasteiger partial charge in [-0.3, -0.25) is 4.79 Å². The van der Waals surface area contributed by atoms with Gasteiger partial charge < -0.3 is 20.3 Å². The average Bonchev–Trinajstić information content (AvgIpc) is 2.99. The quantitative estimate of drug-likeness (QED) is 0.700. The van der Waals surface area contributed by atoms with Crippen LogP contribution in [0.15, 0.2) is 10.9 Å². The Labute approximate surface area is 98.7 Å². The topological polar surface area (TPSA) is 103 Å². The van der Waals surface area contributed by atoms with E-state index in [1.165, 1.54) is 6.33 Å². The number of hydrogen-bond acceptors (Lipinski definition) is 6. The summed E-state index contributed by atoms with van der Waals surface area (Å²) in [6.45, 7) is 0.930. The van der Waals surface area contributed by atoms with Crippen molar-refractivity contribution in [2.24, 2.45) is 5.73 Å². The standard InChI is InChI=1S/C10H16N4O3/c11-5-7-1-2-8(16-7)10(15)12-4-3-9-13-6-14-17-9/h6-8H,1-5,11H2,(H,12,15). The molecule has 7 heteroatoms. The summed E-state index contributed by atoms with van der Waals surface area (Å²) in [6.07, 6.45) is 3.09. The summed E-state index contributed by atoms with van der Waals surface area (Å²) < 4.78 is 10.3. The molecular formula is C10H16N4O3. The second-order valence-corrected chi connectivity index (χ2v) is 3.94. The smallest absolute Gasteiger partial charge is 0.249 e. The van der Waals surface area contributed by atoms with Crippen LogP contribution in [0.5, 0.6) is 0 Å². The lowest BCUT2D eigenvalue weighted by Gasteiger charge is -2.11. The van der Waals surface area contributed by atoms with Gasteiger partial charge in [-0.1, -0.05) is 5.16 Å². The predicted molar refractivity (Wildman–Crippen MR) is 58.0 cm³/mol.